The second kappa shape index (κ2) is 3.34. The Kier molecular flexibility index (Phi) is 2.10. The number of nitrogens with two attached hydrogens (primary N) is 1. The van der Waals surface area contributed by atoms with E-state index in [0.717, 1.165) is 0 Å². The largest absolute Gasteiger partial charge is 0.325 e. The zero-order valence-electron chi connectivity index (χ0n) is 9.21. The molecule has 0 spiro atoms. The fourth-order valence-corrected chi connectivity index (χ4v) is 3.41. The molecular formula is C14H19N. The third kappa shape index (κ3) is 1.50. The van der Waals surface area contributed by atoms with E-state index in [1.165, 1.54) is 38.5 Å². The summed E-state index contributed by atoms with van der Waals surface area (Å²) in [6.07, 6.45) is 7.59. The monoisotopic (exact) mass is 201 g/mol. The molecule has 1 nitrogen and oxygen atoms in total. The van der Waals surface area contributed by atoms with E-state index in [1.54, 1.807) is 11.1 Å². The van der Waals surface area contributed by atoms with Crippen molar-refractivity contribution in [3.63, 3.8) is 0 Å². The van der Waals surface area contributed by atoms with Gasteiger partial charge in [0.2, 0.25) is 0 Å². The predicted octanol–water partition coefficient (Wildman–Crippen LogP) is 2.67. The van der Waals surface area contributed by atoms with Gasteiger partial charge in [0.15, 0.2) is 0 Å². The minimum Gasteiger partial charge on any atom is -0.325 e. The normalized spacial score (nSPS) is 24.3. The van der Waals surface area contributed by atoms with Crippen LogP contribution < -0.4 is 5.73 Å². The van der Waals surface area contributed by atoms with Crippen molar-refractivity contribution < 1.29 is 0 Å². The van der Waals surface area contributed by atoms with E-state index in [-0.39, 0.29) is 5.54 Å². The van der Waals surface area contributed by atoms with Crippen molar-refractivity contribution in [1.29, 1.82) is 0 Å². The third-order valence-electron chi connectivity index (χ3n) is 4.40. The molecule has 0 amide bonds. The minimum atomic E-state index is 0.152. The summed E-state index contributed by atoms with van der Waals surface area (Å²) in [7, 11) is 0. The maximum atomic E-state index is 6.54. The van der Waals surface area contributed by atoms with Crippen LogP contribution in [0.15, 0.2) is 24.3 Å². The SMILES string of the molecule is NC1(C2Cc3ccccc3C2)CCCC1. The number of hydrogen-bond acceptors (Lipinski definition) is 1. The van der Waals surface area contributed by atoms with E-state index in [0.29, 0.717) is 5.92 Å². The predicted molar refractivity (Wildman–Crippen MR) is 62.7 cm³/mol. The van der Waals surface area contributed by atoms with Gasteiger partial charge in [-0.1, -0.05) is 37.1 Å². The first-order valence-corrected chi connectivity index (χ1v) is 6.14. The molecule has 2 aliphatic carbocycles. The van der Waals surface area contributed by atoms with Gasteiger partial charge in [0.25, 0.3) is 0 Å². The average molecular weight is 201 g/mol. The quantitative estimate of drug-likeness (QED) is 0.742. The van der Waals surface area contributed by atoms with Gasteiger partial charge in [-0.15, -0.1) is 0 Å². The zero-order chi connectivity index (χ0) is 10.3. The van der Waals surface area contributed by atoms with Crippen molar-refractivity contribution in [3.05, 3.63) is 35.4 Å². The summed E-state index contributed by atoms with van der Waals surface area (Å²) < 4.78 is 0. The van der Waals surface area contributed by atoms with Crippen molar-refractivity contribution in [2.45, 2.75) is 44.1 Å². The van der Waals surface area contributed by atoms with Crippen molar-refractivity contribution in [2.75, 3.05) is 0 Å². The Balaban J connectivity index is 1.84. The average Bonchev–Trinajstić information content (AvgIpc) is 2.84. The van der Waals surface area contributed by atoms with Gasteiger partial charge in [-0.2, -0.15) is 0 Å². The summed E-state index contributed by atoms with van der Waals surface area (Å²) in [4.78, 5) is 0. The van der Waals surface area contributed by atoms with E-state index in [9.17, 15) is 0 Å². The van der Waals surface area contributed by atoms with Crippen LogP contribution in [0.5, 0.6) is 0 Å². The number of rotatable bonds is 1. The van der Waals surface area contributed by atoms with Crippen LogP contribution in [0.3, 0.4) is 0 Å². The molecule has 2 aliphatic rings. The Morgan fingerprint density at radius 2 is 1.53 bits per heavy atom. The molecule has 1 aromatic carbocycles. The molecule has 0 saturated heterocycles. The van der Waals surface area contributed by atoms with Gasteiger partial charge in [0.05, 0.1) is 0 Å². The highest BCUT2D eigenvalue weighted by Crippen LogP contribution is 2.41. The van der Waals surface area contributed by atoms with E-state index in [2.05, 4.69) is 24.3 Å². The van der Waals surface area contributed by atoms with Crippen LogP contribution in [-0.2, 0) is 12.8 Å². The van der Waals surface area contributed by atoms with Crippen LogP contribution in [0, 0.1) is 5.92 Å². The lowest BCUT2D eigenvalue weighted by molar-refractivity contribution is 0.285. The van der Waals surface area contributed by atoms with Crippen LogP contribution in [0.4, 0.5) is 0 Å². The molecule has 1 saturated carbocycles. The lowest BCUT2D eigenvalue weighted by atomic mass is 9.81. The van der Waals surface area contributed by atoms with Gasteiger partial charge in [0.1, 0.15) is 0 Å². The summed E-state index contributed by atoms with van der Waals surface area (Å²) >= 11 is 0. The molecule has 0 unspecified atom stereocenters. The molecule has 2 N–H and O–H groups in total. The Morgan fingerprint density at radius 3 is 2.07 bits per heavy atom. The van der Waals surface area contributed by atoms with Gasteiger partial charge < -0.3 is 5.73 Å². The molecule has 3 rings (SSSR count). The number of hydrogen-bond donors (Lipinski definition) is 1. The second-order valence-corrected chi connectivity index (χ2v) is 5.31. The molecule has 0 atom stereocenters. The second-order valence-electron chi connectivity index (χ2n) is 5.31. The van der Waals surface area contributed by atoms with Crippen LogP contribution in [0.25, 0.3) is 0 Å². The smallest absolute Gasteiger partial charge is 0.0189 e. The highest BCUT2D eigenvalue weighted by atomic mass is 14.8. The summed E-state index contributed by atoms with van der Waals surface area (Å²) in [5.74, 6) is 0.706. The van der Waals surface area contributed by atoms with Crippen LogP contribution in [0.2, 0.25) is 0 Å². The molecular weight excluding hydrogens is 182 g/mol. The maximum Gasteiger partial charge on any atom is 0.0189 e. The fourth-order valence-electron chi connectivity index (χ4n) is 3.41. The third-order valence-corrected chi connectivity index (χ3v) is 4.40. The Bertz CT molecular complexity index is 338. The minimum absolute atomic E-state index is 0.152. The van der Waals surface area contributed by atoms with Gasteiger partial charge in [0, 0.05) is 5.54 Å². The van der Waals surface area contributed by atoms with Crippen LogP contribution >= 0.6 is 0 Å². The first-order valence-electron chi connectivity index (χ1n) is 6.14. The number of benzene rings is 1. The molecule has 1 heteroatoms. The van der Waals surface area contributed by atoms with Crippen molar-refractivity contribution in [3.8, 4) is 0 Å². The van der Waals surface area contributed by atoms with Gasteiger partial charge in [-0.25, -0.2) is 0 Å². The van der Waals surface area contributed by atoms with Gasteiger partial charge in [-0.05, 0) is 42.7 Å². The molecule has 1 aromatic rings. The van der Waals surface area contributed by atoms with Gasteiger partial charge >= 0.3 is 0 Å². The van der Waals surface area contributed by atoms with Gasteiger partial charge in [-0.3, -0.25) is 0 Å². The van der Waals surface area contributed by atoms with Crippen molar-refractivity contribution in [1.82, 2.24) is 0 Å². The topological polar surface area (TPSA) is 26.0 Å². The van der Waals surface area contributed by atoms with Crippen LogP contribution in [-0.4, -0.2) is 5.54 Å². The molecule has 0 bridgehead atoms. The maximum absolute atomic E-state index is 6.54. The molecule has 0 aromatic heterocycles. The van der Waals surface area contributed by atoms with E-state index < -0.39 is 0 Å². The molecule has 15 heavy (non-hydrogen) atoms. The molecule has 0 heterocycles. The van der Waals surface area contributed by atoms with E-state index >= 15 is 0 Å². The lowest BCUT2D eigenvalue weighted by Crippen LogP contribution is -2.44. The zero-order valence-corrected chi connectivity index (χ0v) is 9.21. The summed E-state index contributed by atoms with van der Waals surface area (Å²) in [6, 6.07) is 8.85. The molecule has 0 radical (unpaired) electrons. The number of fused-ring (bicyclic) bond motifs is 1. The molecule has 1 fully saturated rings. The summed E-state index contributed by atoms with van der Waals surface area (Å²) in [5.41, 5.74) is 9.78. The molecule has 80 valence electrons. The standard InChI is InChI=1S/C14H19N/c15-14(7-3-4-8-14)13-9-11-5-1-2-6-12(11)10-13/h1-2,5-6,13H,3-4,7-10,15H2. The van der Waals surface area contributed by atoms with E-state index in [1.807, 2.05) is 0 Å². The highest BCUT2D eigenvalue weighted by Gasteiger charge is 2.40. The first-order chi connectivity index (χ1) is 7.28. The summed E-state index contributed by atoms with van der Waals surface area (Å²) in [6.45, 7) is 0. The van der Waals surface area contributed by atoms with Crippen molar-refractivity contribution >= 4 is 0 Å². The Morgan fingerprint density at radius 1 is 1.00 bits per heavy atom. The lowest BCUT2D eigenvalue weighted by Gasteiger charge is -2.30. The Hall–Kier alpha value is -0.820. The fraction of sp³-hybridized carbons (Fsp3) is 0.571. The first kappa shape index (κ1) is 9.41. The van der Waals surface area contributed by atoms with E-state index in [4.69, 9.17) is 5.73 Å². The Labute approximate surface area is 91.7 Å². The van der Waals surface area contributed by atoms with Crippen molar-refractivity contribution in [2.24, 2.45) is 11.7 Å². The molecule has 0 aliphatic heterocycles. The highest BCUT2D eigenvalue weighted by molar-refractivity contribution is 5.33. The summed E-state index contributed by atoms with van der Waals surface area (Å²) in [5, 5.41) is 0. The van der Waals surface area contributed by atoms with Crippen LogP contribution in [0.1, 0.15) is 36.8 Å².